The van der Waals surface area contributed by atoms with Gasteiger partial charge < -0.3 is 15.4 Å². The molecule has 2 aromatic heterocycles. The molecule has 3 heterocycles. The van der Waals surface area contributed by atoms with E-state index in [2.05, 4.69) is 15.6 Å². The molecule has 2 amide bonds. The predicted octanol–water partition coefficient (Wildman–Crippen LogP) is 2.81. The van der Waals surface area contributed by atoms with Crippen molar-refractivity contribution in [2.75, 3.05) is 18.5 Å². The minimum Gasteiger partial charge on any atom is -0.490 e. The van der Waals surface area contributed by atoms with E-state index in [1.807, 2.05) is 18.3 Å². The first kappa shape index (κ1) is 17.2. The van der Waals surface area contributed by atoms with Crippen LogP contribution in [0, 0.1) is 0 Å². The Morgan fingerprint density at radius 3 is 3.04 bits per heavy atom. The number of nitrogens with one attached hydrogen (secondary N) is 2. The van der Waals surface area contributed by atoms with E-state index in [0.717, 1.165) is 4.90 Å². The van der Waals surface area contributed by atoms with Crippen LogP contribution in [0.3, 0.4) is 0 Å². The van der Waals surface area contributed by atoms with E-state index in [4.69, 9.17) is 4.74 Å². The van der Waals surface area contributed by atoms with E-state index in [1.54, 1.807) is 46.7 Å². The number of ether oxygens (including phenoxy) is 1. The van der Waals surface area contributed by atoms with Gasteiger partial charge in [0.2, 0.25) is 0 Å². The van der Waals surface area contributed by atoms with Crippen molar-refractivity contribution >= 4 is 29.4 Å². The first-order valence-electron chi connectivity index (χ1n) is 8.33. The Bertz CT molecular complexity index is 988. The number of amides is 2. The number of nitrogens with zero attached hydrogens (tertiary/aromatic N) is 2. The molecular formula is C19H16N4O3S. The van der Waals surface area contributed by atoms with Crippen molar-refractivity contribution in [1.29, 1.82) is 0 Å². The zero-order chi connectivity index (χ0) is 18.6. The quantitative estimate of drug-likeness (QED) is 0.665. The SMILES string of the molecule is O=C(NCCOc1cccnc1)c1ccc2c(c1)NC(=O)c1cccn1S2. The highest BCUT2D eigenvalue weighted by Gasteiger charge is 2.20. The zero-order valence-electron chi connectivity index (χ0n) is 14.2. The molecule has 0 radical (unpaired) electrons. The molecular weight excluding hydrogens is 364 g/mol. The van der Waals surface area contributed by atoms with Crippen LogP contribution in [0.15, 0.2) is 66.0 Å². The molecule has 1 aromatic carbocycles. The standard InChI is InChI=1S/C19H16N4O3S/c24-18(21-8-10-26-14-3-1-7-20-12-14)13-5-6-17-15(11-13)22-19(25)16-4-2-9-23(16)27-17/h1-7,9,11-12H,8,10H2,(H,21,24)(H,22,25). The lowest BCUT2D eigenvalue weighted by Crippen LogP contribution is -2.28. The van der Waals surface area contributed by atoms with E-state index < -0.39 is 0 Å². The summed E-state index contributed by atoms with van der Waals surface area (Å²) in [5, 5.41) is 5.66. The Hall–Kier alpha value is -3.26. The molecule has 0 saturated carbocycles. The summed E-state index contributed by atoms with van der Waals surface area (Å²) in [6.07, 6.45) is 5.11. The molecule has 7 nitrogen and oxygen atoms in total. The van der Waals surface area contributed by atoms with Crippen LogP contribution in [0.4, 0.5) is 5.69 Å². The van der Waals surface area contributed by atoms with E-state index >= 15 is 0 Å². The van der Waals surface area contributed by atoms with Gasteiger partial charge in [-0.25, -0.2) is 0 Å². The number of carbonyl (C=O) groups is 2. The van der Waals surface area contributed by atoms with Crippen LogP contribution in [0.5, 0.6) is 5.75 Å². The fourth-order valence-electron chi connectivity index (χ4n) is 2.63. The number of rotatable bonds is 5. The molecule has 2 N–H and O–H groups in total. The third kappa shape index (κ3) is 3.80. The second-order valence-corrected chi connectivity index (χ2v) is 6.78. The molecule has 4 rings (SSSR count). The summed E-state index contributed by atoms with van der Waals surface area (Å²) in [6, 6.07) is 12.4. The molecule has 3 aromatic rings. The van der Waals surface area contributed by atoms with Crippen molar-refractivity contribution in [1.82, 2.24) is 14.3 Å². The number of pyridine rings is 1. The largest absolute Gasteiger partial charge is 0.490 e. The maximum atomic E-state index is 12.4. The lowest BCUT2D eigenvalue weighted by Gasteiger charge is -2.10. The van der Waals surface area contributed by atoms with Gasteiger partial charge in [0.25, 0.3) is 11.8 Å². The molecule has 8 heteroatoms. The zero-order valence-corrected chi connectivity index (χ0v) is 15.0. The second kappa shape index (κ2) is 7.55. The summed E-state index contributed by atoms with van der Waals surface area (Å²) in [6.45, 7) is 0.696. The molecule has 0 aliphatic carbocycles. The summed E-state index contributed by atoms with van der Waals surface area (Å²) in [5.41, 5.74) is 1.66. The summed E-state index contributed by atoms with van der Waals surface area (Å²) in [7, 11) is 0. The number of anilines is 1. The lowest BCUT2D eigenvalue weighted by molar-refractivity contribution is 0.0945. The maximum absolute atomic E-state index is 12.4. The van der Waals surface area contributed by atoms with Crippen molar-refractivity contribution in [3.8, 4) is 5.75 Å². The van der Waals surface area contributed by atoms with Gasteiger partial charge in [-0.2, -0.15) is 0 Å². The number of fused-ring (bicyclic) bond motifs is 2. The number of benzene rings is 1. The topological polar surface area (TPSA) is 85.2 Å². The Morgan fingerprint density at radius 2 is 2.19 bits per heavy atom. The lowest BCUT2D eigenvalue weighted by atomic mass is 10.2. The molecule has 136 valence electrons. The molecule has 1 aliphatic rings. The minimum absolute atomic E-state index is 0.200. The fourth-order valence-corrected chi connectivity index (χ4v) is 3.55. The van der Waals surface area contributed by atoms with Crippen molar-refractivity contribution in [3.63, 3.8) is 0 Å². The van der Waals surface area contributed by atoms with Gasteiger partial charge in [-0.3, -0.25) is 18.5 Å². The Kier molecular flexibility index (Phi) is 4.80. The molecule has 0 spiro atoms. The van der Waals surface area contributed by atoms with Crippen LogP contribution < -0.4 is 15.4 Å². The van der Waals surface area contributed by atoms with Gasteiger partial charge in [0.1, 0.15) is 18.1 Å². The van der Waals surface area contributed by atoms with Crippen molar-refractivity contribution in [2.24, 2.45) is 0 Å². The van der Waals surface area contributed by atoms with Gasteiger partial charge in [0.15, 0.2) is 0 Å². The highest BCUT2D eigenvalue weighted by molar-refractivity contribution is 7.98. The average Bonchev–Trinajstić information content (AvgIpc) is 3.10. The van der Waals surface area contributed by atoms with Crippen LogP contribution in [-0.4, -0.2) is 33.9 Å². The Morgan fingerprint density at radius 1 is 1.26 bits per heavy atom. The highest BCUT2D eigenvalue weighted by atomic mass is 32.2. The molecule has 0 bridgehead atoms. The van der Waals surface area contributed by atoms with Gasteiger partial charge >= 0.3 is 0 Å². The summed E-state index contributed by atoms with van der Waals surface area (Å²) in [4.78, 5) is 29.5. The van der Waals surface area contributed by atoms with Gasteiger partial charge in [0, 0.05) is 18.0 Å². The Balaban J connectivity index is 1.39. The van der Waals surface area contributed by atoms with Gasteiger partial charge in [-0.1, -0.05) is 0 Å². The molecule has 0 unspecified atom stereocenters. The van der Waals surface area contributed by atoms with E-state index in [1.165, 1.54) is 11.9 Å². The average molecular weight is 380 g/mol. The van der Waals surface area contributed by atoms with Gasteiger partial charge in [-0.05, 0) is 54.4 Å². The number of carbonyl (C=O) groups excluding carboxylic acids is 2. The van der Waals surface area contributed by atoms with Crippen molar-refractivity contribution in [2.45, 2.75) is 4.90 Å². The van der Waals surface area contributed by atoms with Crippen LogP contribution >= 0.6 is 11.9 Å². The Labute approximate surface area is 159 Å². The van der Waals surface area contributed by atoms with Crippen LogP contribution in [-0.2, 0) is 0 Å². The predicted molar refractivity (Wildman–Crippen MR) is 102 cm³/mol. The molecule has 27 heavy (non-hydrogen) atoms. The fraction of sp³-hybridized carbons (Fsp3) is 0.105. The number of hydrogen-bond donors (Lipinski definition) is 2. The summed E-state index contributed by atoms with van der Waals surface area (Å²) < 4.78 is 7.30. The van der Waals surface area contributed by atoms with Crippen molar-refractivity contribution < 1.29 is 14.3 Å². The summed E-state index contributed by atoms with van der Waals surface area (Å²) in [5.74, 6) is 0.227. The number of hydrogen-bond acceptors (Lipinski definition) is 5. The van der Waals surface area contributed by atoms with Crippen LogP contribution in [0.25, 0.3) is 0 Å². The molecule has 0 atom stereocenters. The van der Waals surface area contributed by atoms with E-state index in [0.29, 0.717) is 35.8 Å². The maximum Gasteiger partial charge on any atom is 0.273 e. The molecule has 0 saturated heterocycles. The first-order chi connectivity index (χ1) is 13.2. The number of aromatic nitrogens is 2. The van der Waals surface area contributed by atoms with Gasteiger partial charge in [0.05, 0.1) is 23.3 Å². The first-order valence-corrected chi connectivity index (χ1v) is 9.10. The second-order valence-electron chi connectivity index (χ2n) is 5.77. The molecule has 1 aliphatic heterocycles. The van der Waals surface area contributed by atoms with Crippen LogP contribution in [0.1, 0.15) is 20.8 Å². The third-order valence-corrected chi connectivity index (χ3v) is 4.99. The highest BCUT2D eigenvalue weighted by Crippen LogP contribution is 2.33. The van der Waals surface area contributed by atoms with Gasteiger partial charge in [-0.15, -0.1) is 0 Å². The third-order valence-electron chi connectivity index (χ3n) is 3.92. The van der Waals surface area contributed by atoms with E-state index in [9.17, 15) is 9.59 Å². The van der Waals surface area contributed by atoms with E-state index in [-0.39, 0.29) is 11.8 Å². The van der Waals surface area contributed by atoms with Crippen LogP contribution in [0.2, 0.25) is 0 Å². The van der Waals surface area contributed by atoms with Crippen molar-refractivity contribution in [3.05, 3.63) is 72.3 Å². The molecule has 0 fully saturated rings. The smallest absolute Gasteiger partial charge is 0.273 e. The summed E-state index contributed by atoms with van der Waals surface area (Å²) >= 11 is 1.43. The minimum atomic E-state index is -0.226. The monoisotopic (exact) mass is 380 g/mol. The normalized spacial score (nSPS) is 12.4.